The Morgan fingerprint density at radius 1 is 1.00 bits per heavy atom. The molecular weight excluding hydrogens is 258 g/mol. The summed E-state index contributed by atoms with van der Waals surface area (Å²) in [6.45, 7) is 0.481. The highest BCUT2D eigenvalue weighted by Crippen LogP contribution is 2.21. The van der Waals surface area contributed by atoms with Crippen LogP contribution in [0.15, 0.2) is 60.8 Å². The summed E-state index contributed by atoms with van der Waals surface area (Å²) >= 11 is 5.93. The molecule has 3 heteroatoms. The number of pyridine rings is 1. The molecule has 0 aliphatic carbocycles. The van der Waals surface area contributed by atoms with Crippen LogP contribution in [-0.2, 0) is 6.61 Å². The maximum Gasteiger partial charge on any atom is 0.121 e. The van der Waals surface area contributed by atoms with Gasteiger partial charge in [0.25, 0.3) is 0 Å². The Morgan fingerprint density at radius 3 is 2.74 bits per heavy atom. The van der Waals surface area contributed by atoms with Crippen LogP contribution in [0.25, 0.3) is 10.9 Å². The van der Waals surface area contributed by atoms with Gasteiger partial charge in [0.2, 0.25) is 0 Å². The monoisotopic (exact) mass is 269 g/mol. The molecule has 0 saturated heterocycles. The highest BCUT2D eigenvalue weighted by Gasteiger charge is 2.03. The summed E-state index contributed by atoms with van der Waals surface area (Å²) in [5.41, 5.74) is 2.05. The van der Waals surface area contributed by atoms with E-state index < -0.39 is 0 Å². The smallest absolute Gasteiger partial charge is 0.121 e. The van der Waals surface area contributed by atoms with Gasteiger partial charge < -0.3 is 4.74 Å². The van der Waals surface area contributed by atoms with Gasteiger partial charge in [0.05, 0.1) is 5.52 Å². The minimum absolute atomic E-state index is 0.481. The van der Waals surface area contributed by atoms with Crippen molar-refractivity contribution in [1.29, 1.82) is 0 Å². The van der Waals surface area contributed by atoms with Crippen LogP contribution in [0.2, 0.25) is 5.02 Å². The zero-order valence-corrected chi connectivity index (χ0v) is 11.0. The lowest BCUT2D eigenvalue weighted by Gasteiger charge is -2.08. The van der Waals surface area contributed by atoms with Crippen LogP contribution in [0, 0.1) is 0 Å². The van der Waals surface area contributed by atoms with Crippen LogP contribution in [0.4, 0.5) is 0 Å². The molecule has 0 saturated carbocycles. The number of benzene rings is 2. The van der Waals surface area contributed by atoms with E-state index >= 15 is 0 Å². The summed E-state index contributed by atoms with van der Waals surface area (Å²) in [6, 6.07) is 17.5. The summed E-state index contributed by atoms with van der Waals surface area (Å²) < 4.78 is 5.76. The Balaban J connectivity index is 1.86. The van der Waals surface area contributed by atoms with E-state index in [9.17, 15) is 0 Å². The van der Waals surface area contributed by atoms with E-state index in [0.29, 0.717) is 11.6 Å². The van der Waals surface area contributed by atoms with Gasteiger partial charge in [-0.2, -0.15) is 0 Å². The third-order valence-corrected chi connectivity index (χ3v) is 3.14. The summed E-state index contributed by atoms with van der Waals surface area (Å²) in [4.78, 5) is 4.40. The minimum Gasteiger partial charge on any atom is -0.489 e. The summed E-state index contributed by atoms with van der Waals surface area (Å²) in [5, 5.41) is 1.79. The first-order chi connectivity index (χ1) is 9.33. The van der Waals surface area contributed by atoms with Crippen LogP contribution in [0.1, 0.15) is 5.56 Å². The number of hydrogen-bond acceptors (Lipinski definition) is 2. The molecule has 19 heavy (non-hydrogen) atoms. The largest absolute Gasteiger partial charge is 0.489 e. The zero-order chi connectivity index (χ0) is 13.1. The number of hydrogen-bond donors (Lipinski definition) is 0. The highest BCUT2D eigenvalue weighted by atomic mass is 35.5. The van der Waals surface area contributed by atoms with Crippen molar-refractivity contribution in [2.45, 2.75) is 6.61 Å². The van der Waals surface area contributed by atoms with Gasteiger partial charge in [-0.05, 0) is 24.3 Å². The van der Waals surface area contributed by atoms with Gasteiger partial charge in [0.1, 0.15) is 12.4 Å². The molecule has 0 fully saturated rings. The van der Waals surface area contributed by atoms with E-state index in [0.717, 1.165) is 22.2 Å². The molecule has 2 aromatic carbocycles. The fraction of sp³-hybridized carbons (Fsp3) is 0.0625. The molecule has 0 radical (unpaired) electrons. The summed E-state index contributed by atoms with van der Waals surface area (Å²) in [5.74, 6) is 0.764. The first kappa shape index (κ1) is 12.0. The second-order valence-electron chi connectivity index (χ2n) is 4.24. The Kier molecular flexibility index (Phi) is 3.34. The second kappa shape index (κ2) is 5.29. The Labute approximate surface area is 116 Å². The standard InChI is InChI=1S/C16H12ClNO/c17-14-7-2-8-15(10-14)19-11-13-5-1-4-12-6-3-9-18-16(12)13/h1-10H,11H2. The highest BCUT2D eigenvalue weighted by molar-refractivity contribution is 6.30. The van der Waals surface area contributed by atoms with Crippen molar-refractivity contribution in [3.63, 3.8) is 0 Å². The van der Waals surface area contributed by atoms with Gasteiger partial charge in [-0.3, -0.25) is 4.98 Å². The lowest BCUT2D eigenvalue weighted by molar-refractivity contribution is 0.307. The molecule has 1 heterocycles. The third kappa shape index (κ3) is 2.69. The average Bonchev–Trinajstić information content (AvgIpc) is 2.45. The Hall–Kier alpha value is -2.06. The fourth-order valence-electron chi connectivity index (χ4n) is 2.00. The number of ether oxygens (including phenoxy) is 1. The predicted molar refractivity (Wildman–Crippen MR) is 77.5 cm³/mol. The number of fused-ring (bicyclic) bond motifs is 1. The van der Waals surface area contributed by atoms with Gasteiger partial charge >= 0.3 is 0 Å². The Bertz CT molecular complexity index is 706. The van der Waals surface area contributed by atoms with Crippen LogP contribution < -0.4 is 4.74 Å². The SMILES string of the molecule is Clc1cccc(OCc2cccc3cccnc23)c1. The topological polar surface area (TPSA) is 22.1 Å². The Morgan fingerprint density at radius 2 is 1.84 bits per heavy atom. The van der Waals surface area contributed by atoms with Crippen LogP contribution in [0.5, 0.6) is 5.75 Å². The second-order valence-corrected chi connectivity index (χ2v) is 4.67. The van der Waals surface area contributed by atoms with E-state index in [1.54, 1.807) is 12.3 Å². The van der Waals surface area contributed by atoms with Crippen molar-refractivity contribution in [2.24, 2.45) is 0 Å². The van der Waals surface area contributed by atoms with E-state index in [1.165, 1.54) is 0 Å². The van der Waals surface area contributed by atoms with Gasteiger partial charge in [-0.1, -0.05) is 41.9 Å². The molecule has 0 N–H and O–H groups in total. The molecule has 0 aliphatic rings. The van der Waals surface area contributed by atoms with E-state index in [-0.39, 0.29) is 0 Å². The number of halogens is 1. The number of nitrogens with zero attached hydrogens (tertiary/aromatic N) is 1. The van der Waals surface area contributed by atoms with E-state index in [4.69, 9.17) is 16.3 Å². The maximum absolute atomic E-state index is 5.93. The molecule has 94 valence electrons. The number of para-hydroxylation sites is 1. The normalized spacial score (nSPS) is 10.6. The molecule has 0 spiro atoms. The van der Waals surface area contributed by atoms with Crippen LogP contribution in [0.3, 0.4) is 0 Å². The molecule has 0 aliphatic heterocycles. The van der Waals surface area contributed by atoms with E-state index in [2.05, 4.69) is 4.98 Å². The molecule has 2 nitrogen and oxygen atoms in total. The van der Waals surface area contributed by atoms with Crippen molar-refractivity contribution in [1.82, 2.24) is 4.98 Å². The minimum atomic E-state index is 0.481. The molecular formula is C16H12ClNO. The fourth-order valence-corrected chi connectivity index (χ4v) is 2.18. The number of aromatic nitrogens is 1. The van der Waals surface area contributed by atoms with Gasteiger partial charge in [-0.25, -0.2) is 0 Å². The molecule has 1 aromatic heterocycles. The van der Waals surface area contributed by atoms with Gasteiger partial charge in [0.15, 0.2) is 0 Å². The number of rotatable bonds is 3. The first-order valence-electron chi connectivity index (χ1n) is 6.04. The molecule has 0 bridgehead atoms. The van der Waals surface area contributed by atoms with Crippen molar-refractivity contribution < 1.29 is 4.74 Å². The summed E-state index contributed by atoms with van der Waals surface area (Å²) in [6.07, 6.45) is 1.80. The van der Waals surface area contributed by atoms with Crippen LogP contribution >= 0.6 is 11.6 Å². The van der Waals surface area contributed by atoms with Crippen molar-refractivity contribution in [3.8, 4) is 5.75 Å². The quantitative estimate of drug-likeness (QED) is 0.700. The lowest BCUT2D eigenvalue weighted by atomic mass is 10.1. The lowest BCUT2D eigenvalue weighted by Crippen LogP contribution is -1.97. The van der Waals surface area contributed by atoms with Gasteiger partial charge in [0, 0.05) is 22.2 Å². The first-order valence-corrected chi connectivity index (χ1v) is 6.42. The van der Waals surface area contributed by atoms with Gasteiger partial charge in [-0.15, -0.1) is 0 Å². The van der Waals surface area contributed by atoms with Crippen molar-refractivity contribution in [2.75, 3.05) is 0 Å². The predicted octanol–water partition coefficient (Wildman–Crippen LogP) is 4.47. The summed E-state index contributed by atoms with van der Waals surface area (Å²) in [7, 11) is 0. The average molecular weight is 270 g/mol. The zero-order valence-electron chi connectivity index (χ0n) is 10.2. The molecule has 3 aromatic rings. The van der Waals surface area contributed by atoms with E-state index in [1.807, 2.05) is 48.5 Å². The van der Waals surface area contributed by atoms with Crippen molar-refractivity contribution >= 4 is 22.5 Å². The van der Waals surface area contributed by atoms with Crippen molar-refractivity contribution in [3.05, 3.63) is 71.4 Å². The molecule has 3 rings (SSSR count). The van der Waals surface area contributed by atoms with Crippen LogP contribution in [-0.4, -0.2) is 4.98 Å². The third-order valence-electron chi connectivity index (χ3n) is 2.91. The molecule has 0 amide bonds. The molecule has 0 atom stereocenters. The maximum atomic E-state index is 5.93. The molecule has 0 unspecified atom stereocenters.